The van der Waals surface area contributed by atoms with Crippen molar-refractivity contribution in [3.63, 3.8) is 0 Å². The number of rotatable bonds is 12. The van der Waals surface area contributed by atoms with E-state index in [-0.39, 0.29) is 0 Å². The van der Waals surface area contributed by atoms with Crippen LogP contribution >= 0.6 is 0 Å². The van der Waals surface area contributed by atoms with E-state index < -0.39 is 0 Å². The highest BCUT2D eigenvalue weighted by atomic mass is 16.5. The molecule has 2 N–H and O–H groups in total. The normalized spacial score (nSPS) is 18.3. The summed E-state index contributed by atoms with van der Waals surface area (Å²) in [5.74, 6) is 1.69. The number of nitrogens with one attached hydrogen (secondary N) is 2. The van der Waals surface area contributed by atoms with E-state index in [1.54, 1.807) is 7.11 Å². The number of hydrogen-bond donors (Lipinski definition) is 2. The van der Waals surface area contributed by atoms with Gasteiger partial charge in [-0.2, -0.15) is 0 Å². The van der Waals surface area contributed by atoms with Crippen LogP contribution in [0.5, 0.6) is 0 Å². The van der Waals surface area contributed by atoms with E-state index in [2.05, 4.69) is 46.2 Å². The third kappa shape index (κ3) is 9.74. The van der Waals surface area contributed by atoms with E-state index in [4.69, 9.17) is 4.74 Å². The van der Waals surface area contributed by atoms with Gasteiger partial charge in [-0.05, 0) is 71.2 Å². The lowest BCUT2D eigenvalue weighted by molar-refractivity contribution is 0.121. The predicted octanol–water partition coefficient (Wildman–Crippen LogP) is 2.02. The van der Waals surface area contributed by atoms with Crippen molar-refractivity contribution in [2.75, 3.05) is 66.6 Å². The van der Waals surface area contributed by atoms with Gasteiger partial charge in [-0.15, -0.1) is 0 Å². The third-order valence-corrected chi connectivity index (χ3v) is 5.49. The highest BCUT2D eigenvalue weighted by Gasteiger charge is 2.19. The lowest BCUT2D eigenvalue weighted by Crippen LogP contribution is -2.45. The Morgan fingerprint density at radius 2 is 1.96 bits per heavy atom. The minimum Gasteiger partial charge on any atom is -0.383 e. The number of likely N-dealkylation sites (tertiary alicyclic amines) is 1. The highest BCUT2D eigenvalue weighted by Crippen LogP contribution is 2.15. The Kier molecular flexibility index (Phi) is 12.7. The summed E-state index contributed by atoms with van der Waals surface area (Å²) in [4.78, 5) is 9.39. The van der Waals surface area contributed by atoms with Gasteiger partial charge in [0.2, 0.25) is 0 Å². The van der Waals surface area contributed by atoms with Gasteiger partial charge in [-0.1, -0.05) is 13.8 Å². The SMILES string of the molecule is CCN(CC)CCCC(C)NC(=NC)NCC1CCN(CCOC)CC1. The average Bonchev–Trinajstić information content (AvgIpc) is 2.67. The van der Waals surface area contributed by atoms with Crippen LogP contribution in [0.4, 0.5) is 0 Å². The van der Waals surface area contributed by atoms with Crippen LogP contribution in [0, 0.1) is 5.92 Å². The van der Waals surface area contributed by atoms with Crippen LogP contribution in [-0.4, -0.2) is 88.4 Å². The molecule has 1 atom stereocenters. The van der Waals surface area contributed by atoms with Gasteiger partial charge < -0.3 is 25.2 Å². The molecule has 1 aliphatic heterocycles. The molecule has 6 heteroatoms. The molecule has 1 heterocycles. The Morgan fingerprint density at radius 3 is 2.54 bits per heavy atom. The van der Waals surface area contributed by atoms with Crippen molar-refractivity contribution in [3.05, 3.63) is 0 Å². The second kappa shape index (κ2) is 14.2. The third-order valence-electron chi connectivity index (χ3n) is 5.49. The molecule has 26 heavy (non-hydrogen) atoms. The van der Waals surface area contributed by atoms with Crippen molar-refractivity contribution >= 4 is 5.96 Å². The van der Waals surface area contributed by atoms with Gasteiger partial charge in [0.05, 0.1) is 6.61 Å². The van der Waals surface area contributed by atoms with E-state index in [1.165, 1.54) is 45.3 Å². The molecule has 1 unspecified atom stereocenters. The second-order valence-corrected chi connectivity index (χ2v) is 7.45. The molecule has 0 aromatic heterocycles. The molecule has 1 aliphatic rings. The maximum atomic E-state index is 5.17. The standard InChI is InChI=1S/C20H43N5O/c1-6-24(7-2)12-8-9-18(3)23-20(21-4)22-17-19-10-13-25(14-11-19)15-16-26-5/h18-19H,6-17H2,1-5H3,(H2,21,22,23). The highest BCUT2D eigenvalue weighted by molar-refractivity contribution is 5.79. The smallest absolute Gasteiger partial charge is 0.191 e. The van der Waals surface area contributed by atoms with Crippen molar-refractivity contribution in [3.8, 4) is 0 Å². The van der Waals surface area contributed by atoms with Crippen LogP contribution in [0.1, 0.15) is 46.5 Å². The lowest BCUT2D eigenvalue weighted by Gasteiger charge is -2.32. The predicted molar refractivity (Wildman–Crippen MR) is 112 cm³/mol. The summed E-state index contributed by atoms with van der Waals surface area (Å²) in [5, 5.41) is 7.08. The molecule has 0 spiro atoms. The van der Waals surface area contributed by atoms with Crippen molar-refractivity contribution in [2.45, 2.75) is 52.5 Å². The zero-order chi connectivity index (χ0) is 19.2. The Labute approximate surface area is 161 Å². The number of aliphatic imine (C=N–C) groups is 1. The molecule has 0 saturated carbocycles. The number of methoxy groups -OCH3 is 1. The van der Waals surface area contributed by atoms with Crippen LogP contribution in [0.2, 0.25) is 0 Å². The minimum absolute atomic E-state index is 0.452. The first-order valence-corrected chi connectivity index (χ1v) is 10.5. The van der Waals surface area contributed by atoms with Gasteiger partial charge in [-0.3, -0.25) is 4.99 Å². The minimum atomic E-state index is 0.452. The van der Waals surface area contributed by atoms with Crippen LogP contribution < -0.4 is 10.6 Å². The van der Waals surface area contributed by atoms with Crippen LogP contribution in [-0.2, 0) is 4.74 Å². The Balaban J connectivity index is 2.18. The first-order valence-electron chi connectivity index (χ1n) is 10.5. The van der Waals surface area contributed by atoms with Gasteiger partial charge in [-0.25, -0.2) is 0 Å². The maximum absolute atomic E-state index is 5.17. The molecule has 0 radical (unpaired) electrons. The largest absolute Gasteiger partial charge is 0.383 e. The molecule has 0 aromatic carbocycles. The molecule has 0 bridgehead atoms. The molecular weight excluding hydrogens is 326 g/mol. The fourth-order valence-electron chi connectivity index (χ4n) is 3.54. The summed E-state index contributed by atoms with van der Waals surface area (Å²) in [6, 6.07) is 0.452. The van der Waals surface area contributed by atoms with Crippen LogP contribution in [0.15, 0.2) is 4.99 Å². The molecular formula is C20H43N5O. The molecule has 6 nitrogen and oxygen atoms in total. The van der Waals surface area contributed by atoms with E-state index in [9.17, 15) is 0 Å². The number of nitrogens with zero attached hydrogens (tertiary/aromatic N) is 3. The summed E-state index contributed by atoms with van der Waals surface area (Å²) in [6.07, 6.45) is 4.92. The number of guanidine groups is 1. The second-order valence-electron chi connectivity index (χ2n) is 7.45. The molecule has 1 fully saturated rings. The first-order chi connectivity index (χ1) is 12.6. The molecule has 0 aromatic rings. The monoisotopic (exact) mass is 369 g/mol. The number of hydrogen-bond acceptors (Lipinski definition) is 4. The van der Waals surface area contributed by atoms with Crippen molar-refractivity contribution in [1.82, 2.24) is 20.4 Å². The summed E-state index contributed by atoms with van der Waals surface area (Å²) in [5.41, 5.74) is 0. The summed E-state index contributed by atoms with van der Waals surface area (Å²) in [7, 11) is 3.64. The van der Waals surface area contributed by atoms with Gasteiger partial charge in [0.25, 0.3) is 0 Å². The van der Waals surface area contributed by atoms with Crippen LogP contribution in [0.25, 0.3) is 0 Å². The summed E-state index contributed by atoms with van der Waals surface area (Å²) >= 11 is 0. The van der Waals surface area contributed by atoms with Gasteiger partial charge >= 0.3 is 0 Å². The maximum Gasteiger partial charge on any atom is 0.191 e. The van der Waals surface area contributed by atoms with E-state index >= 15 is 0 Å². The topological polar surface area (TPSA) is 52.1 Å². The average molecular weight is 370 g/mol. The Bertz CT molecular complexity index is 365. The molecule has 154 valence electrons. The van der Waals surface area contributed by atoms with Crippen LogP contribution in [0.3, 0.4) is 0 Å². The van der Waals surface area contributed by atoms with Crippen molar-refractivity contribution in [2.24, 2.45) is 10.9 Å². The number of ether oxygens (including phenoxy) is 1. The van der Waals surface area contributed by atoms with Gasteiger partial charge in [0.1, 0.15) is 0 Å². The quantitative estimate of drug-likeness (QED) is 0.407. The van der Waals surface area contributed by atoms with E-state index in [1.807, 2.05) is 7.05 Å². The van der Waals surface area contributed by atoms with E-state index in [0.29, 0.717) is 6.04 Å². The lowest BCUT2D eigenvalue weighted by atomic mass is 9.97. The summed E-state index contributed by atoms with van der Waals surface area (Å²) in [6.45, 7) is 15.5. The fraction of sp³-hybridized carbons (Fsp3) is 0.950. The molecule has 1 rings (SSSR count). The summed E-state index contributed by atoms with van der Waals surface area (Å²) < 4.78 is 5.17. The van der Waals surface area contributed by atoms with Crippen molar-refractivity contribution in [1.29, 1.82) is 0 Å². The first kappa shape index (κ1) is 23.2. The Hall–Kier alpha value is -0.850. The molecule has 1 saturated heterocycles. The zero-order valence-corrected chi connectivity index (χ0v) is 17.9. The zero-order valence-electron chi connectivity index (χ0n) is 17.9. The molecule has 0 amide bonds. The number of piperidine rings is 1. The Morgan fingerprint density at radius 1 is 1.27 bits per heavy atom. The van der Waals surface area contributed by atoms with Crippen molar-refractivity contribution < 1.29 is 4.74 Å². The fourth-order valence-corrected chi connectivity index (χ4v) is 3.54. The van der Waals surface area contributed by atoms with Gasteiger partial charge in [0.15, 0.2) is 5.96 Å². The van der Waals surface area contributed by atoms with E-state index in [0.717, 1.165) is 44.7 Å². The van der Waals surface area contributed by atoms with Gasteiger partial charge in [0, 0.05) is 33.3 Å². The molecule has 0 aliphatic carbocycles.